The summed E-state index contributed by atoms with van der Waals surface area (Å²) in [4.78, 5) is 9.66. The van der Waals surface area contributed by atoms with E-state index in [9.17, 15) is 0 Å². The van der Waals surface area contributed by atoms with E-state index >= 15 is 0 Å². The van der Waals surface area contributed by atoms with Crippen molar-refractivity contribution >= 4 is 17.1 Å². The third kappa shape index (κ3) is 4.53. The molecule has 0 bridgehead atoms. The van der Waals surface area contributed by atoms with Crippen molar-refractivity contribution in [1.82, 2.24) is 4.90 Å². The van der Waals surface area contributed by atoms with E-state index in [0.29, 0.717) is 6.61 Å². The molecule has 27 heavy (non-hydrogen) atoms. The van der Waals surface area contributed by atoms with Gasteiger partial charge in [0.25, 0.3) is 0 Å². The zero-order chi connectivity index (χ0) is 19.2. The number of anilines is 1. The Kier molecular flexibility index (Phi) is 6.56. The molecule has 1 heterocycles. The summed E-state index contributed by atoms with van der Waals surface area (Å²) < 4.78 is 5.74. The van der Waals surface area contributed by atoms with Gasteiger partial charge in [0, 0.05) is 37.9 Å². The highest BCUT2D eigenvalue weighted by Crippen LogP contribution is 2.26. The van der Waals surface area contributed by atoms with Crippen LogP contribution in [0.15, 0.2) is 52.9 Å². The van der Waals surface area contributed by atoms with E-state index in [1.165, 1.54) is 18.5 Å². The lowest BCUT2D eigenvalue weighted by atomic mass is 10.0. The molecule has 1 aromatic carbocycles. The van der Waals surface area contributed by atoms with E-state index in [-0.39, 0.29) is 6.04 Å². The van der Waals surface area contributed by atoms with Crippen LogP contribution in [0.5, 0.6) is 0 Å². The first-order valence-electron chi connectivity index (χ1n) is 10.2. The summed E-state index contributed by atoms with van der Waals surface area (Å²) in [5.41, 5.74) is 10.6. The van der Waals surface area contributed by atoms with Crippen LogP contribution in [0.3, 0.4) is 0 Å². The molecule has 5 heteroatoms. The number of allylic oxidation sites excluding steroid dienone is 1. The number of rotatable bonds is 7. The maximum absolute atomic E-state index is 6.31. The Morgan fingerprint density at radius 2 is 1.78 bits per heavy atom. The number of aliphatic imine (C=N–C) groups is 1. The molecule has 1 saturated heterocycles. The molecule has 1 fully saturated rings. The van der Waals surface area contributed by atoms with Gasteiger partial charge in [0.2, 0.25) is 0 Å². The fraction of sp³-hybridized carbons (Fsp3) is 0.500. The van der Waals surface area contributed by atoms with Crippen LogP contribution in [0.25, 0.3) is 0 Å². The summed E-state index contributed by atoms with van der Waals surface area (Å²) in [6.45, 7) is 11.1. The van der Waals surface area contributed by atoms with Crippen molar-refractivity contribution in [3.8, 4) is 0 Å². The normalized spacial score (nSPS) is 21.3. The minimum atomic E-state index is -0.204. The molecule has 0 saturated carbocycles. The predicted molar refractivity (Wildman–Crippen MR) is 114 cm³/mol. The Balaban J connectivity index is 1.90. The average Bonchev–Trinajstić information content (AvgIpc) is 3.21. The molecule has 2 N–H and O–H groups in total. The maximum Gasteiger partial charge on any atom is 0.119 e. The summed E-state index contributed by atoms with van der Waals surface area (Å²) in [5, 5.41) is 0. The monoisotopic (exact) mass is 368 g/mol. The lowest BCUT2D eigenvalue weighted by molar-refractivity contribution is 0.215. The van der Waals surface area contributed by atoms with Crippen molar-refractivity contribution < 1.29 is 4.74 Å². The average molecular weight is 369 g/mol. The summed E-state index contributed by atoms with van der Waals surface area (Å²) in [5.74, 6) is 0.791. The smallest absolute Gasteiger partial charge is 0.119 e. The molecule has 1 atom stereocenters. The fourth-order valence-corrected chi connectivity index (χ4v) is 3.73. The number of hydrogen-bond acceptors (Lipinski definition) is 5. The molecule has 0 spiro atoms. The highest BCUT2D eigenvalue weighted by Gasteiger charge is 2.25. The topological polar surface area (TPSA) is 54.1 Å². The van der Waals surface area contributed by atoms with Gasteiger partial charge in [0.05, 0.1) is 29.7 Å². The van der Waals surface area contributed by atoms with Crippen LogP contribution in [0, 0.1) is 0 Å². The van der Waals surface area contributed by atoms with Gasteiger partial charge in [-0.05, 0) is 64.0 Å². The molecule has 1 aliphatic carbocycles. The number of nitrogens with zero attached hydrogens (tertiary/aromatic N) is 3. The van der Waals surface area contributed by atoms with Crippen LogP contribution in [0.1, 0.15) is 33.6 Å². The van der Waals surface area contributed by atoms with Crippen LogP contribution in [-0.2, 0) is 4.74 Å². The van der Waals surface area contributed by atoms with Gasteiger partial charge in [0.1, 0.15) is 5.76 Å². The van der Waals surface area contributed by atoms with Crippen LogP contribution in [0.2, 0.25) is 0 Å². The zero-order valence-corrected chi connectivity index (χ0v) is 16.8. The van der Waals surface area contributed by atoms with Gasteiger partial charge in [-0.15, -0.1) is 0 Å². The number of benzene rings is 1. The second-order valence-corrected chi connectivity index (χ2v) is 6.94. The Labute approximate surface area is 163 Å². The summed E-state index contributed by atoms with van der Waals surface area (Å²) >= 11 is 0. The van der Waals surface area contributed by atoms with Crippen LogP contribution < -0.4 is 10.6 Å². The van der Waals surface area contributed by atoms with Crippen molar-refractivity contribution in [3.05, 3.63) is 47.9 Å². The van der Waals surface area contributed by atoms with E-state index in [1.807, 2.05) is 13.0 Å². The van der Waals surface area contributed by atoms with Crippen LogP contribution in [-0.4, -0.2) is 49.4 Å². The summed E-state index contributed by atoms with van der Waals surface area (Å²) in [6, 6.07) is 8.26. The van der Waals surface area contributed by atoms with E-state index in [2.05, 4.69) is 54.0 Å². The Hall–Kier alpha value is -2.27. The first-order valence-corrected chi connectivity index (χ1v) is 10.2. The molecule has 1 aromatic rings. The van der Waals surface area contributed by atoms with Gasteiger partial charge >= 0.3 is 0 Å². The predicted octanol–water partition coefficient (Wildman–Crippen LogP) is 3.85. The minimum Gasteiger partial charge on any atom is -0.496 e. The zero-order valence-electron chi connectivity index (χ0n) is 16.8. The third-order valence-corrected chi connectivity index (χ3v) is 5.19. The molecule has 146 valence electrons. The van der Waals surface area contributed by atoms with E-state index < -0.39 is 0 Å². The van der Waals surface area contributed by atoms with Gasteiger partial charge in [-0.3, -0.25) is 0 Å². The van der Waals surface area contributed by atoms with Crippen molar-refractivity contribution in [2.45, 2.75) is 39.7 Å². The Morgan fingerprint density at radius 1 is 1.11 bits per heavy atom. The number of likely N-dealkylation sites (tertiary alicyclic amines) is 1. The van der Waals surface area contributed by atoms with E-state index in [1.54, 1.807) is 0 Å². The lowest BCUT2D eigenvalue weighted by Crippen LogP contribution is -2.33. The molecule has 1 unspecified atom stereocenters. The quantitative estimate of drug-likeness (QED) is 0.794. The van der Waals surface area contributed by atoms with Crippen molar-refractivity contribution in [2.75, 3.05) is 37.7 Å². The molecule has 2 aliphatic rings. The largest absolute Gasteiger partial charge is 0.496 e. The number of hydrogen-bond donors (Lipinski definition) is 1. The molecule has 0 aromatic heterocycles. The van der Waals surface area contributed by atoms with Gasteiger partial charge in [-0.2, -0.15) is 0 Å². The van der Waals surface area contributed by atoms with E-state index in [4.69, 9.17) is 15.5 Å². The highest BCUT2D eigenvalue weighted by molar-refractivity contribution is 6.10. The van der Waals surface area contributed by atoms with Gasteiger partial charge in [-0.1, -0.05) is 0 Å². The van der Waals surface area contributed by atoms with E-state index in [0.717, 1.165) is 49.0 Å². The SMILES string of the molecule is CCOC1=C/C(=N\c2ccc(N(CC)CC)cc2)C(N2CCCC2)=CC1N. The number of ether oxygens (including phenoxy) is 1. The summed E-state index contributed by atoms with van der Waals surface area (Å²) in [6.07, 6.45) is 6.56. The summed E-state index contributed by atoms with van der Waals surface area (Å²) in [7, 11) is 0. The second-order valence-electron chi connectivity index (χ2n) is 6.94. The Morgan fingerprint density at radius 3 is 2.37 bits per heavy atom. The minimum absolute atomic E-state index is 0.204. The van der Waals surface area contributed by atoms with Crippen LogP contribution >= 0.6 is 0 Å². The first kappa shape index (κ1) is 19.5. The standard InChI is InChI=1S/C22H32N4O/c1-4-25(5-2)18-11-9-17(10-12-18)24-20-16-22(27-6-3)19(23)15-21(20)26-13-7-8-14-26/h9-12,15-16,19H,4-8,13-14,23H2,1-3H3/b24-20+. The third-order valence-electron chi connectivity index (χ3n) is 5.19. The molecular weight excluding hydrogens is 336 g/mol. The molecule has 3 rings (SSSR count). The van der Waals surface area contributed by atoms with Gasteiger partial charge in [0.15, 0.2) is 0 Å². The van der Waals surface area contributed by atoms with Crippen molar-refractivity contribution in [1.29, 1.82) is 0 Å². The highest BCUT2D eigenvalue weighted by atomic mass is 16.5. The number of nitrogens with two attached hydrogens (primary N) is 1. The molecule has 0 radical (unpaired) electrons. The molecule has 5 nitrogen and oxygen atoms in total. The first-order chi connectivity index (χ1) is 13.2. The fourth-order valence-electron chi connectivity index (χ4n) is 3.73. The van der Waals surface area contributed by atoms with Crippen molar-refractivity contribution in [2.24, 2.45) is 10.7 Å². The lowest BCUT2D eigenvalue weighted by Gasteiger charge is -2.28. The van der Waals surface area contributed by atoms with Crippen LogP contribution in [0.4, 0.5) is 11.4 Å². The molecule has 1 aliphatic heterocycles. The Bertz CT molecular complexity index is 710. The second kappa shape index (κ2) is 9.09. The maximum atomic E-state index is 6.31. The molecule has 0 amide bonds. The molecular formula is C22H32N4O. The van der Waals surface area contributed by atoms with Gasteiger partial charge in [-0.25, -0.2) is 4.99 Å². The van der Waals surface area contributed by atoms with Gasteiger partial charge < -0.3 is 20.3 Å². The van der Waals surface area contributed by atoms with Crippen molar-refractivity contribution in [3.63, 3.8) is 0 Å².